The minimum Gasteiger partial charge on any atom is -0.361 e. The molecule has 1 aliphatic rings. The maximum atomic E-state index is 11.0. The SMILES string of the molecule is CC1NC(C)(C)COC1(O)c1cc(Cl)c2ccccc2c1. The summed E-state index contributed by atoms with van der Waals surface area (Å²) < 4.78 is 5.82. The lowest BCUT2D eigenvalue weighted by atomic mass is 9.91. The van der Waals surface area contributed by atoms with Crippen LogP contribution in [0.2, 0.25) is 5.02 Å². The quantitative estimate of drug-likeness (QED) is 0.848. The first-order valence-electron chi connectivity index (χ1n) is 7.15. The number of aliphatic hydroxyl groups is 1. The van der Waals surface area contributed by atoms with Crippen LogP contribution < -0.4 is 5.32 Å². The Morgan fingerprint density at radius 3 is 2.71 bits per heavy atom. The molecule has 0 amide bonds. The number of hydrogen-bond acceptors (Lipinski definition) is 3. The fraction of sp³-hybridized carbons (Fsp3) is 0.412. The molecule has 1 heterocycles. The Morgan fingerprint density at radius 1 is 1.29 bits per heavy atom. The summed E-state index contributed by atoms with van der Waals surface area (Å²) in [6.07, 6.45) is 0. The van der Waals surface area contributed by atoms with Crippen molar-refractivity contribution in [1.82, 2.24) is 5.32 Å². The number of nitrogens with one attached hydrogen (secondary N) is 1. The van der Waals surface area contributed by atoms with E-state index < -0.39 is 5.79 Å². The van der Waals surface area contributed by atoms with Crippen molar-refractivity contribution in [3.05, 3.63) is 47.0 Å². The fourth-order valence-electron chi connectivity index (χ4n) is 2.95. The third-order valence-corrected chi connectivity index (χ3v) is 4.38. The zero-order chi connectivity index (χ0) is 15.3. The van der Waals surface area contributed by atoms with Crippen LogP contribution in [0, 0.1) is 0 Å². The molecule has 0 aromatic heterocycles. The number of hydrogen-bond donors (Lipinski definition) is 2. The Balaban J connectivity index is 2.07. The second kappa shape index (κ2) is 4.96. The van der Waals surface area contributed by atoms with Gasteiger partial charge in [-0.05, 0) is 38.3 Å². The van der Waals surface area contributed by atoms with Crippen molar-refractivity contribution in [1.29, 1.82) is 0 Å². The molecule has 0 saturated carbocycles. The molecule has 2 N–H and O–H groups in total. The number of ether oxygens (including phenoxy) is 1. The summed E-state index contributed by atoms with van der Waals surface area (Å²) in [5.41, 5.74) is 0.522. The highest BCUT2D eigenvalue weighted by molar-refractivity contribution is 6.35. The van der Waals surface area contributed by atoms with Gasteiger partial charge in [-0.1, -0.05) is 35.9 Å². The minimum atomic E-state index is -1.37. The van der Waals surface area contributed by atoms with Crippen molar-refractivity contribution in [3.63, 3.8) is 0 Å². The van der Waals surface area contributed by atoms with Gasteiger partial charge in [0.2, 0.25) is 5.79 Å². The van der Waals surface area contributed by atoms with Crippen LogP contribution >= 0.6 is 11.6 Å². The standard InChI is InChI=1S/C17H20ClNO2/c1-11-17(20,21-10-16(2,3)19-11)13-8-12-6-4-5-7-14(12)15(18)9-13/h4-9,11,19-20H,10H2,1-3H3. The molecule has 0 aliphatic carbocycles. The number of morpholine rings is 1. The van der Waals surface area contributed by atoms with Crippen LogP contribution in [0.4, 0.5) is 0 Å². The first-order valence-corrected chi connectivity index (χ1v) is 7.52. The lowest BCUT2D eigenvalue weighted by Crippen LogP contribution is -2.63. The van der Waals surface area contributed by atoms with Gasteiger partial charge in [0.1, 0.15) is 0 Å². The number of fused-ring (bicyclic) bond motifs is 1. The topological polar surface area (TPSA) is 41.5 Å². The molecule has 3 rings (SSSR count). The maximum absolute atomic E-state index is 11.0. The number of benzene rings is 2. The van der Waals surface area contributed by atoms with Crippen LogP contribution in [0.3, 0.4) is 0 Å². The van der Waals surface area contributed by atoms with Crippen molar-refractivity contribution >= 4 is 22.4 Å². The van der Waals surface area contributed by atoms with Crippen molar-refractivity contribution < 1.29 is 9.84 Å². The predicted molar refractivity (Wildman–Crippen MR) is 85.5 cm³/mol. The third-order valence-electron chi connectivity index (χ3n) is 4.07. The maximum Gasteiger partial charge on any atom is 0.208 e. The number of rotatable bonds is 1. The van der Waals surface area contributed by atoms with Gasteiger partial charge < -0.3 is 15.2 Å². The second-order valence-corrected chi connectivity index (χ2v) is 6.82. The smallest absolute Gasteiger partial charge is 0.208 e. The highest BCUT2D eigenvalue weighted by Crippen LogP contribution is 2.36. The van der Waals surface area contributed by atoms with Crippen LogP contribution in [-0.4, -0.2) is 23.3 Å². The van der Waals surface area contributed by atoms with Gasteiger partial charge in [-0.3, -0.25) is 0 Å². The summed E-state index contributed by atoms with van der Waals surface area (Å²) in [7, 11) is 0. The molecule has 2 aromatic carbocycles. The van der Waals surface area contributed by atoms with E-state index in [1.165, 1.54) is 0 Å². The molecule has 3 nitrogen and oxygen atoms in total. The van der Waals surface area contributed by atoms with E-state index >= 15 is 0 Å². The van der Waals surface area contributed by atoms with E-state index in [4.69, 9.17) is 16.3 Å². The van der Waals surface area contributed by atoms with Gasteiger partial charge in [-0.2, -0.15) is 0 Å². The Labute approximate surface area is 129 Å². The molecule has 4 heteroatoms. The summed E-state index contributed by atoms with van der Waals surface area (Å²) in [6, 6.07) is 11.4. The van der Waals surface area contributed by atoms with Crippen LogP contribution in [0.1, 0.15) is 26.3 Å². The summed E-state index contributed by atoms with van der Waals surface area (Å²) in [4.78, 5) is 0. The van der Waals surface area contributed by atoms with Gasteiger partial charge >= 0.3 is 0 Å². The van der Waals surface area contributed by atoms with Crippen molar-refractivity contribution in [2.75, 3.05) is 6.61 Å². The van der Waals surface area contributed by atoms with E-state index in [0.29, 0.717) is 17.2 Å². The van der Waals surface area contributed by atoms with Crippen molar-refractivity contribution in [2.24, 2.45) is 0 Å². The van der Waals surface area contributed by atoms with Gasteiger partial charge in [0, 0.05) is 21.5 Å². The molecule has 0 bridgehead atoms. The normalized spacial score (nSPS) is 28.7. The van der Waals surface area contributed by atoms with Gasteiger partial charge in [0.15, 0.2) is 0 Å². The van der Waals surface area contributed by atoms with E-state index in [1.807, 2.05) is 37.3 Å². The molecule has 112 valence electrons. The number of halogens is 1. The predicted octanol–water partition coefficient (Wildman–Crippen LogP) is 3.43. The molecule has 1 fully saturated rings. The third kappa shape index (κ3) is 2.55. The highest BCUT2D eigenvalue weighted by Gasteiger charge is 2.45. The molecular weight excluding hydrogens is 286 g/mol. The van der Waals surface area contributed by atoms with Gasteiger partial charge in [0.25, 0.3) is 0 Å². The molecule has 21 heavy (non-hydrogen) atoms. The lowest BCUT2D eigenvalue weighted by Gasteiger charge is -2.46. The van der Waals surface area contributed by atoms with Crippen LogP contribution in [-0.2, 0) is 10.5 Å². The largest absolute Gasteiger partial charge is 0.361 e. The Hall–Kier alpha value is -1.13. The second-order valence-electron chi connectivity index (χ2n) is 6.41. The first kappa shape index (κ1) is 14.8. The van der Waals surface area contributed by atoms with Crippen LogP contribution in [0.25, 0.3) is 10.8 Å². The average molecular weight is 306 g/mol. The van der Waals surface area contributed by atoms with E-state index in [9.17, 15) is 5.11 Å². The fourth-order valence-corrected chi connectivity index (χ4v) is 3.23. The molecule has 2 atom stereocenters. The van der Waals surface area contributed by atoms with E-state index in [-0.39, 0.29) is 11.6 Å². The zero-order valence-corrected chi connectivity index (χ0v) is 13.2. The minimum absolute atomic E-state index is 0.160. The Bertz CT molecular complexity index is 686. The van der Waals surface area contributed by atoms with E-state index in [2.05, 4.69) is 19.2 Å². The zero-order valence-electron chi connectivity index (χ0n) is 12.5. The summed E-state index contributed by atoms with van der Waals surface area (Å²) in [6.45, 7) is 6.45. The summed E-state index contributed by atoms with van der Waals surface area (Å²) >= 11 is 6.36. The molecule has 0 radical (unpaired) electrons. The van der Waals surface area contributed by atoms with E-state index in [0.717, 1.165) is 10.8 Å². The molecule has 2 unspecified atom stereocenters. The van der Waals surface area contributed by atoms with Crippen molar-refractivity contribution in [3.8, 4) is 0 Å². The Morgan fingerprint density at radius 2 is 2.00 bits per heavy atom. The average Bonchev–Trinajstić information content (AvgIpc) is 2.43. The molecule has 1 aliphatic heterocycles. The molecule has 0 spiro atoms. The monoisotopic (exact) mass is 305 g/mol. The van der Waals surface area contributed by atoms with E-state index in [1.54, 1.807) is 6.07 Å². The highest BCUT2D eigenvalue weighted by atomic mass is 35.5. The molecular formula is C17H20ClNO2. The molecule has 2 aromatic rings. The van der Waals surface area contributed by atoms with Gasteiger partial charge in [0.05, 0.1) is 12.6 Å². The first-order chi connectivity index (χ1) is 9.82. The molecule has 1 saturated heterocycles. The van der Waals surface area contributed by atoms with Crippen LogP contribution in [0.15, 0.2) is 36.4 Å². The summed E-state index contributed by atoms with van der Waals surface area (Å²) in [5, 5.41) is 17.0. The van der Waals surface area contributed by atoms with Crippen molar-refractivity contribution in [2.45, 2.75) is 38.1 Å². The lowest BCUT2D eigenvalue weighted by molar-refractivity contribution is -0.263. The summed E-state index contributed by atoms with van der Waals surface area (Å²) in [5.74, 6) is -1.37. The van der Waals surface area contributed by atoms with Crippen LogP contribution in [0.5, 0.6) is 0 Å². The van der Waals surface area contributed by atoms with Gasteiger partial charge in [-0.15, -0.1) is 0 Å². The Kier molecular flexibility index (Phi) is 3.49. The van der Waals surface area contributed by atoms with Gasteiger partial charge in [-0.25, -0.2) is 0 Å².